The van der Waals surface area contributed by atoms with E-state index >= 15 is 0 Å². The molecule has 0 radical (unpaired) electrons. The van der Waals surface area contributed by atoms with Gasteiger partial charge in [-0.25, -0.2) is 4.99 Å². The first-order valence-corrected chi connectivity index (χ1v) is 13.0. The van der Waals surface area contributed by atoms with Crippen molar-refractivity contribution in [2.45, 2.75) is 38.1 Å². The van der Waals surface area contributed by atoms with Gasteiger partial charge in [-0.1, -0.05) is 37.5 Å². The second kappa shape index (κ2) is 10.2. The predicted molar refractivity (Wildman–Crippen MR) is 141 cm³/mol. The Bertz CT molecular complexity index is 1330. The van der Waals surface area contributed by atoms with Crippen LogP contribution in [0.25, 0.3) is 17.4 Å². The van der Waals surface area contributed by atoms with Gasteiger partial charge in [-0.15, -0.1) is 0 Å². The number of amidine groups is 1. The highest BCUT2D eigenvalue weighted by Crippen LogP contribution is 2.39. The summed E-state index contributed by atoms with van der Waals surface area (Å²) in [6.07, 6.45) is 7.13. The zero-order chi connectivity index (χ0) is 24.4. The number of furan rings is 1. The van der Waals surface area contributed by atoms with E-state index in [4.69, 9.17) is 9.41 Å². The topological polar surface area (TPSA) is 88.9 Å². The summed E-state index contributed by atoms with van der Waals surface area (Å²) in [5, 5.41) is 11.7. The summed E-state index contributed by atoms with van der Waals surface area (Å²) in [4.78, 5) is 31.3. The number of nitrogens with zero attached hydrogens (tertiary/aromatic N) is 3. The van der Waals surface area contributed by atoms with Crippen LogP contribution in [0.1, 0.15) is 37.9 Å². The number of thioether (sulfide) groups is 1. The fourth-order valence-corrected chi connectivity index (χ4v) is 5.96. The maximum absolute atomic E-state index is 13.5. The lowest BCUT2D eigenvalue weighted by atomic mass is 9.94. The summed E-state index contributed by atoms with van der Waals surface area (Å²) in [7, 11) is 0. The van der Waals surface area contributed by atoms with E-state index in [1.54, 1.807) is 24.3 Å². The van der Waals surface area contributed by atoms with Crippen molar-refractivity contribution >= 4 is 56.2 Å². The molecular weight excluding hydrogens is 530 g/mol. The molecule has 1 aliphatic carbocycles. The number of aliphatic imine (C=N–C) groups is 1. The third kappa shape index (κ3) is 5.11. The molecule has 0 unspecified atom stereocenters. The number of carbonyl (C=O) groups excluding carboxylic acids is 1. The molecule has 7 nitrogen and oxygen atoms in total. The first kappa shape index (κ1) is 23.6. The third-order valence-corrected chi connectivity index (χ3v) is 7.73. The van der Waals surface area contributed by atoms with E-state index in [1.807, 2.05) is 35.2 Å². The van der Waals surface area contributed by atoms with Gasteiger partial charge in [0.1, 0.15) is 11.5 Å². The Morgan fingerprint density at radius 3 is 2.57 bits per heavy atom. The molecule has 2 fully saturated rings. The summed E-state index contributed by atoms with van der Waals surface area (Å²) in [5.74, 6) is 1.04. The number of nitro groups is 1. The van der Waals surface area contributed by atoms with Gasteiger partial charge in [-0.2, -0.15) is 0 Å². The van der Waals surface area contributed by atoms with Crippen molar-refractivity contribution in [1.29, 1.82) is 0 Å². The van der Waals surface area contributed by atoms with Crippen molar-refractivity contribution in [2.24, 2.45) is 4.99 Å². The third-order valence-electron chi connectivity index (χ3n) is 6.09. The summed E-state index contributed by atoms with van der Waals surface area (Å²) in [6.45, 7) is 0. The average Bonchev–Trinajstić information content (AvgIpc) is 3.44. The molecule has 35 heavy (non-hydrogen) atoms. The first-order chi connectivity index (χ1) is 17.0. The van der Waals surface area contributed by atoms with Crippen LogP contribution in [0.15, 0.2) is 79.5 Å². The Morgan fingerprint density at radius 2 is 1.86 bits per heavy atom. The van der Waals surface area contributed by atoms with Crippen LogP contribution in [0.4, 0.5) is 11.4 Å². The lowest BCUT2D eigenvalue weighted by Gasteiger charge is -2.30. The van der Waals surface area contributed by atoms with Gasteiger partial charge in [0, 0.05) is 34.3 Å². The minimum atomic E-state index is -0.442. The number of rotatable bonds is 5. The molecule has 1 aromatic heterocycles. The highest BCUT2D eigenvalue weighted by molar-refractivity contribution is 9.10. The molecule has 0 spiro atoms. The number of amides is 1. The number of non-ortho nitro benzene ring substituents is 1. The number of carbonyl (C=O) groups is 1. The number of hydrogen-bond acceptors (Lipinski definition) is 6. The van der Waals surface area contributed by atoms with Crippen molar-refractivity contribution in [3.63, 3.8) is 0 Å². The van der Waals surface area contributed by atoms with Crippen molar-refractivity contribution in [3.8, 4) is 11.3 Å². The molecule has 178 valence electrons. The second-order valence-electron chi connectivity index (χ2n) is 8.43. The van der Waals surface area contributed by atoms with Gasteiger partial charge in [0.2, 0.25) is 0 Å². The van der Waals surface area contributed by atoms with Gasteiger partial charge in [0.15, 0.2) is 5.17 Å². The van der Waals surface area contributed by atoms with Gasteiger partial charge < -0.3 is 4.42 Å². The zero-order valence-electron chi connectivity index (χ0n) is 18.7. The summed E-state index contributed by atoms with van der Waals surface area (Å²) in [5.41, 5.74) is 1.50. The molecule has 2 aromatic carbocycles. The normalized spacial score (nSPS) is 19.1. The smallest absolute Gasteiger partial charge is 0.270 e. The lowest BCUT2D eigenvalue weighted by molar-refractivity contribution is -0.384. The Labute approximate surface area is 215 Å². The van der Waals surface area contributed by atoms with Crippen LogP contribution in [0.5, 0.6) is 0 Å². The van der Waals surface area contributed by atoms with Crippen molar-refractivity contribution in [3.05, 3.63) is 85.9 Å². The molecule has 2 aliphatic rings. The van der Waals surface area contributed by atoms with E-state index in [0.717, 1.165) is 31.4 Å². The standard InChI is InChI=1S/C26H22BrN3O4S/c27-22-15-19(30(32)33)11-13-21(22)23-14-12-20(34-23)16-24-25(31)29(18-9-5-2-6-10-18)26(35-24)28-17-7-3-1-4-8-17/h1,3-4,7-8,11-16,18H,2,5-6,9-10H2/b24-16-,28-26?. The molecular formula is C26H22BrN3O4S. The van der Waals surface area contributed by atoms with Crippen molar-refractivity contribution in [1.82, 2.24) is 4.90 Å². The van der Waals surface area contributed by atoms with Crippen LogP contribution in [0.2, 0.25) is 0 Å². The van der Waals surface area contributed by atoms with E-state index in [1.165, 1.54) is 30.3 Å². The monoisotopic (exact) mass is 551 g/mol. The molecule has 5 rings (SSSR count). The quantitative estimate of drug-likeness (QED) is 0.185. The number of halogens is 1. The molecule has 1 amide bonds. The van der Waals surface area contributed by atoms with Gasteiger partial charge in [-0.05, 0) is 70.9 Å². The minimum Gasteiger partial charge on any atom is -0.457 e. The minimum absolute atomic E-state index is 0.00416. The van der Waals surface area contributed by atoms with E-state index in [2.05, 4.69) is 15.9 Å². The molecule has 0 atom stereocenters. The Kier molecular flexibility index (Phi) is 6.88. The summed E-state index contributed by atoms with van der Waals surface area (Å²) >= 11 is 4.76. The van der Waals surface area contributed by atoms with Crippen LogP contribution in [0, 0.1) is 10.1 Å². The predicted octanol–water partition coefficient (Wildman–Crippen LogP) is 7.55. The zero-order valence-corrected chi connectivity index (χ0v) is 21.1. The van der Waals surface area contributed by atoms with E-state index in [9.17, 15) is 14.9 Å². The van der Waals surface area contributed by atoms with Gasteiger partial charge >= 0.3 is 0 Å². The van der Waals surface area contributed by atoms with Crippen LogP contribution >= 0.6 is 27.7 Å². The molecule has 2 heterocycles. The van der Waals surface area contributed by atoms with Gasteiger partial charge in [0.05, 0.1) is 15.5 Å². The fraction of sp³-hybridized carbons (Fsp3) is 0.231. The maximum atomic E-state index is 13.5. The number of para-hydroxylation sites is 1. The Morgan fingerprint density at radius 1 is 1.09 bits per heavy atom. The molecule has 1 aliphatic heterocycles. The van der Waals surface area contributed by atoms with E-state index in [0.29, 0.717) is 31.6 Å². The molecule has 3 aromatic rings. The van der Waals surface area contributed by atoms with Gasteiger partial charge in [0.25, 0.3) is 11.6 Å². The highest BCUT2D eigenvalue weighted by atomic mass is 79.9. The highest BCUT2D eigenvalue weighted by Gasteiger charge is 2.38. The molecule has 1 saturated carbocycles. The largest absolute Gasteiger partial charge is 0.457 e. The lowest BCUT2D eigenvalue weighted by Crippen LogP contribution is -2.40. The maximum Gasteiger partial charge on any atom is 0.270 e. The number of nitro benzene ring substituents is 1. The molecule has 0 bridgehead atoms. The number of hydrogen-bond donors (Lipinski definition) is 0. The van der Waals surface area contributed by atoms with Crippen LogP contribution in [-0.2, 0) is 4.79 Å². The SMILES string of the molecule is O=C1/C(=C/c2ccc(-c3ccc([N+](=O)[O-])cc3Br)o2)SC(=Nc2ccccc2)N1C1CCCCC1. The van der Waals surface area contributed by atoms with Crippen LogP contribution < -0.4 is 0 Å². The Hall–Kier alpha value is -3.17. The van der Waals surface area contributed by atoms with Crippen LogP contribution in [-0.4, -0.2) is 26.9 Å². The number of benzene rings is 2. The van der Waals surface area contributed by atoms with Gasteiger partial charge in [-0.3, -0.25) is 19.8 Å². The van der Waals surface area contributed by atoms with Crippen molar-refractivity contribution < 1.29 is 14.1 Å². The first-order valence-electron chi connectivity index (χ1n) is 11.4. The summed E-state index contributed by atoms with van der Waals surface area (Å²) in [6, 6.07) is 17.9. The van der Waals surface area contributed by atoms with E-state index in [-0.39, 0.29) is 17.6 Å². The van der Waals surface area contributed by atoms with E-state index < -0.39 is 4.92 Å². The molecule has 9 heteroatoms. The molecule has 0 N–H and O–H groups in total. The summed E-state index contributed by atoms with van der Waals surface area (Å²) < 4.78 is 6.56. The average molecular weight is 552 g/mol. The van der Waals surface area contributed by atoms with Crippen molar-refractivity contribution in [2.75, 3.05) is 0 Å². The fourth-order valence-electron chi connectivity index (χ4n) is 4.36. The van der Waals surface area contributed by atoms with Crippen LogP contribution in [0.3, 0.4) is 0 Å². The molecule has 1 saturated heterocycles. The Balaban J connectivity index is 1.45. The second-order valence-corrected chi connectivity index (χ2v) is 10.3.